The summed E-state index contributed by atoms with van der Waals surface area (Å²) < 4.78 is 2.19. The lowest BCUT2D eigenvalue weighted by Gasteiger charge is -2.14. The van der Waals surface area contributed by atoms with Gasteiger partial charge >= 0.3 is 0 Å². The van der Waals surface area contributed by atoms with Crippen LogP contribution in [-0.2, 0) is 13.6 Å². The van der Waals surface area contributed by atoms with Gasteiger partial charge in [-0.2, -0.15) is 0 Å². The zero-order chi connectivity index (χ0) is 13.4. The van der Waals surface area contributed by atoms with Crippen LogP contribution in [0.3, 0.4) is 0 Å². The first kappa shape index (κ1) is 12.9. The molecule has 0 N–H and O–H groups in total. The second kappa shape index (κ2) is 5.10. The third kappa shape index (κ3) is 2.74. The van der Waals surface area contributed by atoms with E-state index in [4.69, 9.17) is 0 Å². The van der Waals surface area contributed by atoms with E-state index >= 15 is 0 Å². The molecule has 1 fully saturated rings. The number of likely N-dealkylation sites (tertiary alicyclic amines) is 1. The molecule has 19 heavy (non-hydrogen) atoms. The minimum absolute atomic E-state index is 0.597. The molecule has 1 atom stereocenters. The molecule has 0 saturated carbocycles. The largest absolute Gasteiger partial charge is 0.337 e. The Bertz CT molecular complexity index is 570. The molecule has 0 radical (unpaired) electrons. The minimum atomic E-state index is 0.597. The lowest BCUT2D eigenvalue weighted by atomic mass is 10.1. The summed E-state index contributed by atoms with van der Waals surface area (Å²) in [6.45, 7) is 7.68. The van der Waals surface area contributed by atoms with Crippen LogP contribution in [0.1, 0.15) is 33.6 Å². The first-order valence-electron chi connectivity index (χ1n) is 6.89. The van der Waals surface area contributed by atoms with Gasteiger partial charge in [-0.05, 0) is 38.9 Å². The van der Waals surface area contributed by atoms with Crippen LogP contribution in [0.2, 0.25) is 0 Å². The number of nitrogens with zero attached hydrogens (tertiary/aromatic N) is 3. The highest BCUT2D eigenvalue weighted by molar-refractivity contribution is 7.11. The molecule has 3 rings (SSSR count). The molecule has 0 amide bonds. The lowest BCUT2D eigenvalue weighted by molar-refractivity contribution is 0.328. The van der Waals surface area contributed by atoms with E-state index < -0.39 is 0 Å². The highest BCUT2D eigenvalue weighted by atomic mass is 32.1. The third-order valence-electron chi connectivity index (χ3n) is 3.85. The van der Waals surface area contributed by atoms with Gasteiger partial charge in [-0.3, -0.25) is 4.90 Å². The highest BCUT2D eigenvalue weighted by Gasteiger charge is 2.27. The molecular weight excluding hydrogens is 254 g/mol. The van der Waals surface area contributed by atoms with Crippen LogP contribution >= 0.6 is 11.3 Å². The molecule has 3 heterocycles. The van der Waals surface area contributed by atoms with Crippen LogP contribution in [0.4, 0.5) is 0 Å². The van der Waals surface area contributed by atoms with Gasteiger partial charge in [-0.1, -0.05) is 0 Å². The van der Waals surface area contributed by atoms with Gasteiger partial charge in [-0.15, -0.1) is 11.3 Å². The Labute approximate surface area is 118 Å². The topological polar surface area (TPSA) is 21.1 Å². The number of imidazole rings is 1. The fourth-order valence-electron chi connectivity index (χ4n) is 2.99. The Morgan fingerprint density at radius 3 is 2.84 bits per heavy atom. The van der Waals surface area contributed by atoms with Crippen LogP contribution in [0, 0.1) is 13.8 Å². The Hall–Kier alpha value is -1.13. The van der Waals surface area contributed by atoms with Crippen LogP contribution in [-0.4, -0.2) is 27.5 Å². The standard InChI is InChI=1S/C15H21N3S/c1-11-8-17(3)15(16-11)13-6-7-18(9-13)10-14-5-4-12(2)19-14/h4-5,8,13H,6-7,9-10H2,1-3H3/t13-/m0/s1. The third-order valence-corrected chi connectivity index (χ3v) is 4.83. The van der Waals surface area contributed by atoms with Crippen molar-refractivity contribution in [3.05, 3.63) is 39.6 Å². The average molecular weight is 275 g/mol. The average Bonchev–Trinajstić information content (AvgIpc) is 3.02. The van der Waals surface area contributed by atoms with Gasteiger partial charge in [-0.25, -0.2) is 4.98 Å². The molecule has 1 aliphatic heterocycles. The predicted molar refractivity (Wildman–Crippen MR) is 79.6 cm³/mol. The molecule has 0 bridgehead atoms. The van der Waals surface area contributed by atoms with E-state index in [0.29, 0.717) is 5.92 Å². The summed E-state index contributed by atoms with van der Waals surface area (Å²) in [5.74, 6) is 1.85. The van der Waals surface area contributed by atoms with Crippen molar-refractivity contribution in [2.75, 3.05) is 13.1 Å². The van der Waals surface area contributed by atoms with Crippen molar-refractivity contribution < 1.29 is 0 Å². The molecule has 0 aliphatic carbocycles. The van der Waals surface area contributed by atoms with E-state index in [-0.39, 0.29) is 0 Å². The minimum Gasteiger partial charge on any atom is -0.337 e. The van der Waals surface area contributed by atoms with Gasteiger partial charge in [0.25, 0.3) is 0 Å². The van der Waals surface area contributed by atoms with Crippen LogP contribution < -0.4 is 0 Å². The molecule has 0 unspecified atom stereocenters. The molecule has 0 aromatic carbocycles. The van der Waals surface area contributed by atoms with Crippen LogP contribution in [0.25, 0.3) is 0 Å². The Kier molecular flexibility index (Phi) is 3.46. The number of rotatable bonds is 3. The second-order valence-corrected chi connectivity index (χ2v) is 6.96. The lowest BCUT2D eigenvalue weighted by Crippen LogP contribution is -2.19. The molecule has 2 aromatic rings. The fourth-order valence-corrected chi connectivity index (χ4v) is 3.92. The molecule has 4 heteroatoms. The number of hydrogen-bond donors (Lipinski definition) is 0. The zero-order valence-corrected chi connectivity index (χ0v) is 12.7. The Morgan fingerprint density at radius 1 is 1.37 bits per heavy atom. The van der Waals surface area contributed by atoms with E-state index in [2.05, 4.69) is 53.7 Å². The summed E-state index contributed by atoms with van der Waals surface area (Å²) in [5, 5.41) is 0. The number of thiophene rings is 1. The monoisotopic (exact) mass is 275 g/mol. The summed E-state index contributed by atoms with van der Waals surface area (Å²) in [6.07, 6.45) is 3.36. The summed E-state index contributed by atoms with van der Waals surface area (Å²) in [5.41, 5.74) is 1.13. The molecule has 3 nitrogen and oxygen atoms in total. The first-order chi connectivity index (χ1) is 9.11. The number of aromatic nitrogens is 2. The molecule has 1 aliphatic rings. The molecular formula is C15H21N3S. The second-order valence-electron chi connectivity index (χ2n) is 5.58. The van der Waals surface area contributed by atoms with Crippen molar-refractivity contribution in [2.24, 2.45) is 7.05 Å². The van der Waals surface area contributed by atoms with Gasteiger partial charge in [0.2, 0.25) is 0 Å². The van der Waals surface area contributed by atoms with Crippen molar-refractivity contribution in [2.45, 2.75) is 32.7 Å². The fraction of sp³-hybridized carbons (Fsp3) is 0.533. The van der Waals surface area contributed by atoms with Crippen molar-refractivity contribution in [3.63, 3.8) is 0 Å². The normalized spacial score (nSPS) is 20.3. The summed E-state index contributed by atoms with van der Waals surface area (Å²) in [7, 11) is 2.11. The maximum Gasteiger partial charge on any atom is 0.113 e. The van der Waals surface area contributed by atoms with E-state index in [1.54, 1.807) is 0 Å². The maximum absolute atomic E-state index is 4.68. The smallest absolute Gasteiger partial charge is 0.113 e. The Morgan fingerprint density at radius 2 is 2.21 bits per heavy atom. The number of hydrogen-bond acceptors (Lipinski definition) is 3. The van der Waals surface area contributed by atoms with Gasteiger partial charge in [0, 0.05) is 42.0 Å². The van der Waals surface area contributed by atoms with Crippen molar-refractivity contribution in [3.8, 4) is 0 Å². The zero-order valence-electron chi connectivity index (χ0n) is 11.9. The summed E-state index contributed by atoms with van der Waals surface area (Å²) >= 11 is 1.92. The van der Waals surface area contributed by atoms with Gasteiger partial charge in [0.1, 0.15) is 5.82 Å². The quantitative estimate of drug-likeness (QED) is 0.858. The van der Waals surface area contributed by atoms with E-state index in [1.165, 1.54) is 28.5 Å². The molecule has 1 saturated heterocycles. The van der Waals surface area contributed by atoms with Crippen LogP contribution in [0.5, 0.6) is 0 Å². The van der Waals surface area contributed by atoms with E-state index in [9.17, 15) is 0 Å². The SMILES string of the molecule is Cc1cn(C)c([C@H]2CCN(Cc3ccc(C)s3)C2)n1. The molecule has 0 spiro atoms. The van der Waals surface area contributed by atoms with E-state index in [1.807, 2.05) is 11.3 Å². The molecule has 2 aromatic heterocycles. The van der Waals surface area contributed by atoms with Crippen molar-refractivity contribution >= 4 is 11.3 Å². The predicted octanol–water partition coefficient (Wildman–Crippen LogP) is 3.09. The van der Waals surface area contributed by atoms with Crippen molar-refractivity contribution in [1.82, 2.24) is 14.5 Å². The van der Waals surface area contributed by atoms with E-state index in [0.717, 1.165) is 18.8 Å². The summed E-state index contributed by atoms with van der Waals surface area (Å²) in [4.78, 5) is 10.1. The van der Waals surface area contributed by atoms with Gasteiger partial charge < -0.3 is 4.57 Å². The Balaban J connectivity index is 1.65. The molecule has 102 valence electrons. The van der Waals surface area contributed by atoms with Crippen LogP contribution in [0.15, 0.2) is 18.3 Å². The van der Waals surface area contributed by atoms with Gasteiger partial charge in [0.05, 0.1) is 5.69 Å². The summed E-state index contributed by atoms with van der Waals surface area (Å²) in [6, 6.07) is 4.48. The van der Waals surface area contributed by atoms with Crippen molar-refractivity contribution in [1.29, 1.82) is 0 Å². The highest BCUT2D eigenvalue weighted by Crippen LogP contribution is 2.28. The number of aryl methyl sites for hydroxylation is 3. The first-order valence-corrected chi connectivity index (χ1v) is 7.71. The van der Waals surface area contributed by atoms with Gasteiger partial charge in [0.15, 0.2) is 0 Å². The maximum atomic E-state index is 4.68.